The van der Waals surface area contributed by atoms with E-state index in [1.165, 1.54) is 11.3 Å². The largest absolute Gasteiger partial charge is 0.496 e. The SMILES string of the molecule is COc1csc(C(Cl)c2cc(Cl)c(OC)cc2Cl)c1. The van der Waals surface area contributed by atoms with Crippen molar-refractivity contribution in [2.45, 2.75) is 5.38 Å². The summed E-state index contributed by atoms with van der Waals surface area (Å²) < 4.78 is 10.3. The molecule has 1 aromatic carbocycles. The average molecular weight is 338 g/mol. The zero-order valence-electron chi connectivity index (χ0n) is 10.2. The number of methoxy groups -OCH3 is 2. The fourth-order valence-electron chi connectivity index (χ4n) is 1.62. The molecule has 0 saturated carbocycles. The first-order chi connectivity index (χ1) is 9.06. The van der Waals surface area contributed by atoms with Crippen LogP contribution in [0, 0.1) is 0 Å². The van der Waals surface area contributed by atoms with Crippen LogP contribution in [-0.2, 0) is 0 Å². The normalized spacial score (nSPS) is 12.3. The molecule has 0 aliphatic rings. The number of ether oxygens (including phenoxy) is 2. The lowest BCUT2D eigenvalue weighted by Gasteiger charge is -2.12. The summed E-state index contributed by atoms with van der Waals surface area (Å²) in [5, 5.41) is 2.53. The molecule has 0 bridgehead atoms. The minimum absolute atomic E-state index is 0.371. The molecule has 1 heterocycles. The van der Waals surface area contributed by atoms with E-state index in [2.05, 4.69) is 0 Å². The van der Waals surface area contributed by atoms with Gasteiger partial charge in [-0.2, -0.15) is 0 Å². The number of halogens is 3. The van der Waals surface area contributed by atoms with Crippen molar-refractivity contribution in [2.75, 3.05) is 14.2 Å². The maximum absolute atomic E-state index is 6.45. The van der Waals surface area contributed by atoms with Gasteiger partial charge < -0.3 is 9.47 Å². The van der Waals surface area contributed by atoms with Gasteiger partial charge in [-0.25, -0.2) is 0 Å². The number of hydrogen-bond acceptors (Lipinski definition) is 3. The third-order valence-electron chi connectivity index (χ3n) is 2.63. The van der Waals surface area contributed by atoms with Crippen LogP contribution < -0.4 is 9.47 Å². The summed E-state index contributed by atoms with van der Waals surface area (Å²) in [5.41, 5.74) is 0.749. The van der Waals surface area contributed by atoms with Crippen molar-refractivity contribution in [3.63, 3.8) is 0 Å². The molecule has 1 unspecified atom stereocenters. The first kappa shape index (κ1) is 14.8. The second-order valence-electron chi connectivity index (χ2n) is 3.76. The molecule has 2 nitrogen and oxygen atoms in total. The van der Waals surface area contributed by atoms with Gasteiger partial charge in [-0.3, -0.25) is 0 Å². The van der Waals surface area contributed by atoms with Crippen molar-refractivity contribution in [1.82, 2.24) is 0 Å². The predicted molar refractivity (Wildman–Crippen MR) is 81.6 cm³/mol. The van der Waals surface area contributed by atoms with Gasteiger partial charge in [0, 0.05) is 21.3 Å². The molecule has 0 fully saturated rings. The second kappa shape index (κ2) is 6.23. The van der Waals surface area contributed by atoms with E-state index in [-0.39, 0.29) is 5.38 Å². The molecule has 0 N–H and O–H groups in total. The number of thiophene rings is 1. The van der Waals surface area contributed by atoms with Crippen molar-refractivity contribution in [2.24, 2.45) is 0 Å². The van der Waals surface area contributed by atoms with Crippen molar-refractivity contribution in [3.05, 3.63) is 44.1 Å². The molecule has 2 aromatic rings. The van der Waals surface area contributed by atoms with E-state index in [0.29, 0.717) is 15.8 Å². The van der Waals surface area contributed by atoms with Crippen LogP contribution in [0.1, 0.15) is 15.8 Å². The molecule has 0 spiro atoms. The van der Waals surface area contributed by atoms with Crippen LogP contribution in [0.4, 0.5) is 0 Å². The van der Waals surface area contributed by atoms with Gasteiger partial charge in [-0.05, 0) is 17.7 Å². The summed E-state index contributed by atoms with van der Waals surface area (Å²) in [7, 11) is 3.16. The first-order valence-electron chi connectivity index (χ1n) is 5.36. The summed E-state index contributed by atoms with van der Waals surface area (Å²) in [6, 6.07) is 5.28. The molecule has 0 saturated heterocycles. The zero-order chi connectivity index (χ0) is 14.0. The van der Waals surface area contributed by atoms with Crippen LogP contribution in [0.3, 0.4) is 0 Å². The molecular formula is C13H11Cl3O2S. The quantitative estimate of drug-likeness (QED) is 0.695. The highest BCUT2D eigenvalue weighted by Gasteiger charge is 2.19. The molecule has 1 atom stereocenters. The Labute approximate surface area is 130 Å². The van der Waals surface area contributed by atoms with Gasteiger partial charge in [0.1, 0.15) is 11.5 Å². The van der Waals surface area contributed by atoms with Gasteiger partial charge in [-0.15, -0.1) is 22.9 Å². The third-order valence-corrected chi connectivity index (χ3v) is 4.82. The van der Waals surface area contributed by atoms with Crippen molar-refractivity contribution >= 4 is 46.1 Å². The Hall–Kier alpha value is -0.610. The molecule has 6 heteroatoms. The standard InChI is InChI=1S/C13H11Cl3O2S/c1-17-7-3-12(19-6-7)13(16)8-4-10(15)11(18-2)5-9(8)14/h3-6,13H,1-2H3. The number of hydrogen-bond donors (Lipinski definition) is 0. The van der Waals surface area contributed by atoms with Gasteiger partial charge in [-0.1, -0.05) is 23.2 Å². The van der Waals surface area contributed by atoms with Gasteiger partial charge in [0.2, 0.25) is 0 Å². The molecule has 2 rings (SSSR count). The van der Waals surface area contributed by atoms with E-state index in [1.54, 1.807) is 26.4 Å². The van der Waals surface area contributed by atoms with E-state index < -0.39 is 0 Å². The summed E-state index contributed by atoms with van der Waals surface area (Å²) in [6.07, 6.45) is 0. The Bertz CT molecular complexity index is 583. The summed E-state index contributed by atoms with van der Waals surface area (Å²) >= 11 is 20.3. The minimum atomic E-state index is -0.371. The Balaban J connectivity index is 2.38. The van der Waals surface area contributed by atoms with Crippen LogP contribution in [0.5, 0.6) is 11.5 Å². The first-order valence-corrected chi connectivity index (χ1v) is 7.43. The molecule has 0 amide bonds. The molecule has 19 heavy (non-hydrogen) atoms. The number of benzene rings is 1. The lowest BCUT2D eigenvalue weighted by Crippen LogP contribution is -1.94. The van der Waals surface area contributed by atoms with Crippen LogP contribution in [-0.4, -0.2) is 14.2 Å². The highest BCUT2D eigenvalue weighted by molar-refractivity contribution is 7.10. The van der Waals surface area contributed by atoms with Crippen molar-refractivity contribution in [1.29, 1.82) is 0 Å². The van der Waals surface area contributed by atoms with Crippen LogP contribution in [0.2, 0.25) is 10.0 Å². The van der Waals surface area contributed by atoms with E-state index >= 15 is 0 Å². The molecule has 0 radical (unpaired) electrons. The fourth-order valence-corrected chi connectivity index (χ4v) is 3.44. The monoisotopic (exact) mass is 336 g/mol. The molecule has 1 aromatic heterocycles. The topological polar surface area (TPSA) is 18.5 Å². The maximum Gasteiger partial charge on any atom is 0.138 e. The van der Waals surface area contributed by atoms with Crippen LogP contribution >= 0.6 is 46.1 Å². The van der Waals surface area contributed by atoms with E-state index in [4.69, 9.17) is 44.3 Å². The van der Waals surface area contributed by atoms with Crippen molar-refractivity contribution < 1.29 is 9.47 Å². The molecule has 0 aliphatic carbocycles. The van der Waals surface area contributed by atoms with Crippen LogP contribution in [0.15, 0.2) is 23.6 Å². The Morgan fingerprint density at radius 3 is 2.37 bits per heavy atom. The van der Waals surface area contributed by atoms with E-state index in [1.807, 2.05) is 11.4 Å². The highest BCUT2D eigenvalue weighted by Crippen LogP contribution is 2.41. The minimum Gasteiger partial charge on any atom is -0.496 e. The lowest BCUT2D eigenvalue weighted by atomic mass is 10.1. The predicted octanol–water partition coefficient (Wildman–Crippen LogP) is 5.40. The van der Waals surface area contributed by atoms with Crippen LogP contribution in [0.25, 0.3) is 0 Å². The van der Waals surface area contributed by atoms with Gasteiger partial charge >= 0.3 is 0 Å². The third kappa shape index (κ3) is 3.11. The maximum atomic E-state index is 6.45. The number of rotatable bonds is 4. The fraction of sp³-hybridized carbons (Fsp3) is 0.231. The van der Waals surface area contributed by atoms with Gasteiger partial charge in [0.05, 0.1) is 24.6 Å². The van der Waals surface area contributed by atoms with E-state index in [0.717, 1.165) is 16.2 Å². The molecule has 102 valence electrons. The molecular weight excluding hydrogens is 327 g/mol. The van der Waals surface area contributed by atoms with Gasteiger partial charge in [0.15, 0.2) is 0 Å². The zero-order valence-corrected chi connectivity index (χ0v) is 13.3. The average Bonchev–Trinajstić information content (AvgIpc) is 2.89. The Morgan fingerprint density at radius 2 is 1.79 bits per heavy atom. The summed E-state index contributed by atoms with van der Waals surface area (Å²) in [6.45, 7) is 0. The Morgan fingerprint density at radius 1 is 1.05 bits per heavy atom. The number of alkyl halides is 1. The lowest BCUT2D eigenvalue weighted by molar-refractivity contribution is 0.415. The highest BCUT2D eigenvalue weighted by atomic mass is 35.5. The van der Waals surface area contributed by atoms with Crippen molar-refractivity contribution in [3.8, 4) is 11.5 Å². The van der Waals surface area contributed by atoms with Gasteiger partial charge in [0.25, 0.3) is 0 Å². The smallest absolute Gasteiger partial charge is 0.138 e. The summed E-state index contributed by atoms with van der Waals surface area (Å²) in [4.78, 5) is 0.946. The van der Waals surface area contributed by atoms with E-state index in [9.17, 15) is 0 Å². The Kier molecular flexibility index (Phi) is 4.85. The summed E-state index contributed by atoms with van der Waals surface area (Å²) in [5.74, 6) is 1.31. The second-order valence-corrected chi connectivity index (χ2v) is 5.95. The molecule has 0 aliphatic heterocycles.